The summed E-state index contributed by atoms with van der Waals surface area (Å²) in [5.74, 6) is 0.477. The lowest BCUT2D eigenvalue weighted by Crippen LogP contribution is -2.28. The first-order valence-electron chi connectivity index (χ1n) is 8.18. The quantitative estimate of drug-likeness (QED) is 0.863. The molecule has 0 spiro atoms. The predicted octanol–water partition coefficient (Wildman–Crippen LogP) is 4.00. The third-order valence-corrected chi connectivity index (χ3v) is 5.45. The van der Waals surface area contributed by atoms with Gasteiger partial charge in [0, 0.05) is 34.2 Å². The maximum Gasteiger partial charge on any atom is 0.224 e. The number of anilines is 1. The lowest BCUT2D eigenvalue weighted by Gasteiger charge is -2.15. The zero-order chi connectivity index (χ0) is 17.3. The lowest BCUT2D eigenvalue weighted by atomic mass is 10.1. The second-order valence-corrected chi connectivity index (χ2v) is 7.75. The van der Waals surface area contributed by atoms with Crippen molar-refractivity contribution in [2.24, 2.45) is 5.92 Å². The number of thiophene rings is 1. The first-order valence-corrected chi connectivity index (χ1v) is 9.00. The Labute approximate surface area is 146 Å². The Morgan fingerprint density at radius 3 is 2.71 bits per heavy atom. The van der Waals surface area contributed by atoms with Gasteiger partial charge < -0.3 is 10.6 Å². The fourth-order valence-corrected chi connectivity index (χ4v) is 4.00. The van der Waals surface area contributed by atoms with E-state index in [1.165, 1.54) is 16.7 Å². The van der Waals surface area contributed by atoms with Crippen LogP contribution in [-0.4, -0.2) is 11.8 Å². The Morgan fingerprint density at radius 1 is 1.25 bits per heavy atom. The molecular weight excluding hydrogens is 320 g/mol. The van der Waals surface area contributed by atoms with E-state index in [9.17, 15) is 9.59 Å². The molecule has 2 N–H and O–H groups in total. The van der Waals surface area contributed by atoms with Crippen LogP contribution in [-0.2, 0) is 9.59 Å². The summed E-state index contributed by atoms with van der Waals surface area (Å²) in [6.45, 7) is 5.55. The van der Waals surface area contributed by atoms with Crippen LogP contribution in [0.5, 0.6) is 0 Å². The molecule has 4 nitrogen and oxygen atoms in total. The molecule has 0 bridgehead atoms. The number of hydrogen-bond acceptors (Lipinski definition) is 3. The van der Waals surface area contributed by atoms with Crippen molar-refractivity contribution < 1.29 is 9.59 Å². The molecule has 1 aromatic heterocycles. The van der Waals surface area contributed by atoms with Gasteiger partial charge in [0.2, 0.25) is 11.8 Å². The van der Waals surface area contributed by atoms with Crippen molar-refractivity contribution in [1.82, 2.24) is 5.32 Å². The Bertz CT molecular complexity index is 768. The van der Waals surface area contributed by atoms with Gasteiger partial charge >= 0.3 is 0 Å². The van der Waals surface area contributed by atoms with E-state index in [1.807, 2.05) is 31.2 Å². The molecule has 0 aliphatic heterocycles. The van der Waals surface area contributed by atoms with Crippen molar-refractivity contribution in [1.29, 1.82) is 0 Å². The highest BCUT2D eigenvalue weighted by Gasteiger charge is 2.44. The maximum absolute atomic E-state index is 12.5. The minimum atomic E-state index is -0.101. The predicted molar refractivity (Wildman–Crippen MR) is 97.2 cm³/mol. The zero-order valence-electron chi connectivity index (χ0n) is 14.1. The number of carbonyl (C=O) groups is 2. The molecule has 1 aromatic carbocycles. The average molecular weight is 342 g/mol. The van der Waals surface area contributed by atoms with Crippen molar-refractivity contribution in [2.75, 3.05) is 5.32 Å². The molecule has 24 heavy (non-hydrogen) atoms. The van der Waals surface area contributed by atoms with Gasteiger partial charge in [-0.2, -0.15) is 0 Å². The molecule has 1 aliphatic rings. The van der Waals surface area contributed by atoms with E-state index in [0.29, 0.717) is 5.92 Å². The van der Waals surface area contributed by atoms with E-state index in [0.717, 1.165) is 17.7 Å². The van der Waals surface area contributed by atoms with E-state index in [1.54, 1.807) is 11.3 Å². The van der Waals surface area contributed by atoms with Crippen LogP contribution in [0, 0.1) is 12.8 Å². The monoisotopic (exact) mass is 342 g/mol. The Morgan fingerprint density at radius 2 is 2.04 bits per heavy atom. The smallest absolute Gasteiger partial charge is 0.224 e. The number of amides is 2. The molecule has 1 aliphatic carbocycles. The second-order valence-electron chi connectivity index (χ2n) is 6.43. The van der Waals surface area contributed by atoms with Crippen LogP contribution in [0.3, 0.4) is 0 Å². The molecule has 0 saturated heterocycles. The lowest BCUT2D eigenvalue weighted by molar-refractivity contribution is -0.123. The molecular formula is C19H22N2O2S. The van der Waals surface area contributed by atoms with E-state index in [-0.39, 0.29) is 23.8 Å². The summed E-state index contributed by atoms with van der Waals surface area (Å²) in [6, 6.07) is 11.8. The maximum atomic E-state index is 12.5. The fourth-order valence-electron chi connectivity index (χ4n) is 2.94. The summed E-state index contributed by atoms with van der Waals surface area (Å²) >= 11 is 1.78. The summed E-state index contributed by atoms with van der Waals surface area (Å²) < 4.78 is 0. The Balaban J connectivity index is 1.60. The molecule has 2 amide bonds. The average Bonchev–Trinajstić information content (AvgIpc) is 3.22. The first-order chi connectivity index (χ1) is 11.4. The SMILES string of the molecule is CC(=O)Nc1cccc(C(C)NC(=O)C2CC2c2ccc(C)s2)c1. The first kappa shape index (κ1) is 16.7. The largest absolute Gasteiger partial charge is 0.349 e. The molecule has 2 aromatic rings. The highest BCUT2D eigenvalue weighted by Crippen LogP contribution is 2.49. The summed E-state index contributed by atoms with van der Waals surface area (Å²) in [6.07, 6.45) is 0.935. The third-order valence-electron chi connectivity index (χ3n) is 4.32. The molecule has 1 fully saturated rings. The molecule has 0 radical (unpaired) electrons. The van der Waals surface area contributed by atoms with Crippen LogP contribution in [0.4, 0.5) is 5.69 Å². The Hall–Kier alpha value is -2.14. The van der Waals surface area contributed by atoms with Crippen molar-refractivity contribution in [2.45, 2.75) is 39.2 Å². The molecule has 3 unspecified atom stereocenters. The summed E-state index contributed by atoms with van der Waals surface area (Å²) in [4.78, 5) is 26.2. The van der Waals surface area contributed by atoms with E-state index in [4.69, 9.17) is 0 Å². The normalized spacial score (nSPS) is 20.3. The third kappa shape index (κ3) is 3.85. The van der Waals surface area contributed by atoms with Gasteiger partial charge in [-0.15, -0.1) is 11.3 Å². The zero-order valence-corrected chi connectivity index (χ0v) is 14.9. The minimum absolute atomic E-state index is 0.0856. The van der Waals surface area contributed by atoms with Crippen LogP contribution >= 0.6 is 11.3 Å². The standard InChI is InChI=1S/C19H22N2O2S/c1-11-7-8-18(24-11)16-10-17(16)19(23)20-12(2)14-5-4-6-15(9-14)21-13(3)22/h4-9,12,16-17H,10H2,1-3H3,(H,20,23)(H,21,22). The number of benzene rings is 1. The van der Waals surface area contributed by atoms with E-state index in [2.05, 4.69) is 29.7 Å². The van der Waals surface area contributed by atoms with Crippen molar-refractivity contribution in [3.63, 3.8) is 0 Å². The molecule has 1 heterocycles. The van der Waals surface area contributed by atoms with Crippen molar-refractivity contribution in [3.8, 4) is 0 Å². The van der Waals surface area contributed by atoms with Gasteiger partial charge in [0.05, 0.1) is 6.04 Å². The van der Waals surface area contributed by atoms with Gasteiger partial charge in [0.15, 0.2) is 0 Å². The Kier molecular flexibility index (Phi) is 4.71. The van der Waals surface area contributed by atoms with Crippen molar-refractivity contribution in [3.05, 3.63) is 51.7 Å². The van der Waals surface area contributed by atoms with Gasteiger partial charge in [0.25, 0.3) is 0 Å². The minimum Gasteiger partial charge on any atom is -0.349 e. The molecule has 3 rings (SSSR count). The van der Waals surface area contributed by atoms with Crippen LogP contribution in [0.25, 0.3) is 0 Å². The summed E-state index contributed by atoms with van der Waals surface area (Å²) in [5, 5.41) is 5.87. The van der Waals surface area contributed by atoms with Crippen LogP contribution in [0.2, 0.25) is 0 Å². The van der Waals surface area contributed by atoms with Gasteiger partial charge in [0.1, 0.15) is 0 Å². The highest BCUT2D eigenvalue weighted by atomic mass is 32.1. The number of nitrogens with one attached hydrogen (secondary N) is 2. The highest BCUT2D eigenvalue weighted by molar-refractivity contribution is 7.12. The van der Waals surface area contributed by atoms with Crippen molar-refractivity contribution >= 4 is 28.8 Å². The van der Waals surface area contributed by atoms with Crippen LogP contribution in [0.15, 0.2) is 36.4 Å². The van der Waals surface area contributed by atoms with Gasteiger partial charge in [-0.1, -0.05) is 12.1 Å². The van der Waals surface area contributed by atoms with Crippen LogP contribution < -0.4 is 10.6 Å². The molecule has 1 saturated carbocycles. The fraction of sp³-hybridized carbons (Fsp3) is 0.368. The summed E-state index contributed by atoms with van der Waals surface area (Å²) in [5.41, 5.74) is 1.73. The number of rotatable bonds is 5. The molecule has 3 atom stereocenters. The topological polar surface area (TPSA) is 58.2 Å². The second kappa shape index (κ2) is 6.77. The van der Waals surface area contributed by atoms with Gasteiger partial charge in [-0.3, -0.25) is 9.59 Å². The molecule has 126 valence electrons. The van der Waals surface area contributed by atoms with E-state index < -0.39 is 0 Å². The van der Waals surface area contributed by atoms with Crippen LogP contribution in [0.1, 0.15) is 47.5 Å². The van der Waals surface area contributed by atoms with Gasteiger partial charge in [-0.05, 0) is 50.1 Å². The molecule has 5 heteroatoms. The number of carbonyl (C=O) groups excluding carboxylic acids is 2. The number of hydrogen-bond donors (Lipinski definition) is 2. The van der Waals surface area contributed by atoms with E-state index >= 15 is 0 Å². The van der Waals surface area contributed by atoms with Gasteiger partial charge in [-0.25, -0.2) is 0 Å². The summed E-state index contributed by atoms with van der Waals surface area (Å²) in [7, 11) is 0. The number of aryl methyl sites for hydroxylation is 1.